The summed E-state index contributed by atoms with van der Waals surface area (Å²) in [7, 11) is 1.53. The quantitative estimate of drug-likeness (QED) is 0.784. The number of aromatic carboxylic acids is 1. The van der Waals surface area contributed by atoms with Gasteiger partial charge in [-0.15, -0.1) is 0 Å². The lowest BCUT2D eigenvalue weighted by Gasteiger charge is -2.10. The molecule has 0 aliphatic heterocycles. The fourth-order valence-corrected chi connectivity index (χ4v) is 2.55. The Balaban J connectivity index is 2.35. The topological polar surface area (TPSA) is 59.4 Å². The number of pyridine rings is 1. The number of hydrogen-bond donors (Lipinski definition) is 1. The molecule has 0 unspecified atom stereocenters. The Morgan fingerprint density at radius 3 is 2.64 bits per heavy atom. The van der Waals surface area contributed by atoms with Gasteiger partial charge in [0, 0.05) is 16.0 Å². The Kier molecular flexibility index (Phi) is 3.69. The van der Waals surface area contributed by atoms with Gasteiger partial charge in [0.1, 0.15) is 11.3 Å². The van der Waals surface area contributed by atoms with Crippen LogP contribution >= 0.6 is 11.6 Å². The molecule has 0 aliphatic carbocycles. The molecular weight excluding hydrogens is 302 g/mol. The molecule has 110 valence electrons. The number of halogens is 1. The second-order valence-corrected chi connectivity index (χ2v) is 5.16. The average molecular weight is 314 g/mol. The number of benzene rings is 2. The lowest BCUT2D eigenvalue weighted by molar-refractivity contribution is 0.0699. The maximum atomic E-state index is 11.6. The summed E-state index contributed by atoms with van der Waals surface area (Å²) in [6, 6.07) is 13.9. The van der Waals surface area contributed by atoms with Crippen LogP contribution in [0.5, 0.6) is 5.75 Å². The van der Waals surface area contributed by atoms with Gasteiger partial charge >= 0.3 is 5.97 Å². The number of aromatic nitrogens is 1. The lowest BCUT2D eigenvalue weighted by Crippen LogP contribution is -2.01. The van der Waals surface area contributed by atoms with E-state index >= 15 is 0 Å². The summed E-state index contributed by atoms with van der Waals surface area (Å²) in [6.45, 7) is 0. The molecule has 0 amide bonds. The summed E-state index contributed by atoms with van der Waals surface area (Å²) in [5.41, 5.74) is 1.98. The van der Waals surface area contributed by atoms with Crippen LogP contribution in [-0.4, -0.2) is 23.2 Å². The van der Waals surface area contributed by atoms with Crippen molar-refractivity contribution in [1.82, 2.24) is 4.98 Å². The largest absolute Gasteiger partial charge is 0.494 e. The van der Waals surface area contributed by atoms with Gasteiger partial charge < -0.3 is 9.84 Å². The minimum atomic E-state index is -1.01. The standard InChI is InChI=1S/C17H12ClNO3/c1-22-15-7-3-6-12-13(17(20)21)9-14(19-16(12)15)10-4-2-5-11(18)8-10/h2-9H,1H3,(H,20,21). The summed E-state index contributed by atoms with van der Waals surface area (Å²) in [5.74, 6) is -0.479. The Morgan fingerprint density at radius 2 is 1.95 bits per heavy atom. The van der Waals surface area contributed by atoms with Gasteiger partial charge in [-0.1, -0.05) is 35.9 Å². The van der Waals surface area contributed by atoms with E-state index in [1.54, 1.807) is 42.5 Å². The van der Waals surface area contributed by atoms with E-state index in [2.05, 4.69) is 4.98 Å². The molecule has 0 saturated carbocycles. The Labute approximate surface area is 131 Å². The Hall–Kier alpha value is -2.59. The first kappa shape index (κ1) is 14.4. The molecule has 1 aromatic heterocycles. The molecule has 3 aromatic rings. The number of methoxy groups -OCH3 is 1. The third-order valence-electron chi connectivity index (χ3n) is 3.37. The van der Waals surface area contributed by atoms with Crippen LogP contribution in [0.4, 0.5) is 0 Å². The Morgan fingerprint density at radius 1 is 1.18 bits per heavy atom. The van der Waals surface area contributed by atoms with Crippen molar-refractivity contribution in [3.63, 3.8) is 0 Å². The predicted octanol–water partition coefficient (Wildman–Crippen LogP) is 4.26. The third kappa shape index (κ3) is 2.49. The van der Waals surface area contributed by atoms with Crippen LogP contribution in [0.25, 0.3) is 22.2 Å². The number of carboxylic acid groups (broad SMARTS) is 1. The number of para-hydroxylation sites is 1. The van der Waals surface area contributed by atoms with Crippen LogP contribution in [0.2, 0.25) is 5.02 Å². The van der Waals surface area contributed by atoms with Gasteiger partial charge in [0.15, 0.2) is 0 Å². The fraction of sp³-hybridized carbons (Fsp3) is 0.0588. The highest BCUT2D eigenvalue weighted by Gasteiger charge is 2.15. The minimum Gasteiger partial charge on any atom is -0.494 e. The van der Waals surface area contributed by atoms with Crippen molar-refractivity contribution in [2.24, 2.45) is 0 Å². The van der Waals surface area contributed by atoms with Crippen LogP contribution in [-0.2, 0) is 0 Å². The maximum absolute atomic E-state index is 11.6. The maximum Gasteiger partial charge on any atom is 0.336 e. The van der Waals surface area contributed by atoms with Gasteiger partial charge in [-0.05, 0) is 24.3 Å². The smallest absolute Gasteiger partial charge is 0.336 e. The second-order valence-electron chi connectivity index (χ2n) is 4.73. The van der Waals surface area contributed by atoms with E-state index in [1.165, 1.54) is 7.11 Å². The van der Waals surface area contributed by atoms with Crippen molar-refractivity contribution in [2.45, 2.75) is 0 Å². The zero-order valence-corrected chi connectivity index (χ0v) is 12.5. The van der Waals surface area contributed by atoms with Crippen molar-refractivity contribution < 1.29 is 14.6 Å². The van der Waals surface area contributed by atoms with Gasteiger partial charge in [-0.2, -0.15) is 0 Å². The fourth-order valence-electron chi connectivity index (χ4n) is 2.36. The average Bonchev–Trinajstić information content (AvgIpc) is 2.53. The molecule has 2 aromatic carbocycles. The highest BCUT2D eigenvalue weighted by molar-refractivity contribution is 6.30. The van der Waals surface area contributed by atoms with E-state index in [1.807, 2.05) is 6.07 Å². The number of fused-ring (bicyclic) bond motifs is 1. The van der Waals surface area contributed by atoms with E-state index < -0.39 is 5.97 Å². The molecule has 1 N–H and O–H groups in total. The second kappa shape index (κ2) is 5.66. The molecule has 4 nitrogen and oxygen atoms in total. The first-order valence-corrected chi connectivity index (χ1v) is 6.95. The van der Waals surface area contributed by atoms with E-state index in [0.29, 0.717) is 27.4 Å². The number of hydrogen-bond acceptors (Lipinski definition) is 3. The van der Waals surface area contributed by atoms with Crippen LogP contribution in [0, 0.1) is 0 Å². The number of carboxylic acids is 1. The summed E-state index contributed by atoms with van der Waals surface area (Å²) in [6.07, 6.45) is 0. The molecule has 0 saturated heterocycles. The lowest BCUT2D eigenvalue weighted by atomic mass is 10.0. The molecule has 0 spiro atoms. The van der Waals surface area contributed by atoms with Crippen LogP contribution in [0.3, 0.4) is 0 Å². The molecule has 5 heteroatoms. The van der Waals surface area contributed by atoms with Crippen molar-refractivity contribution >= 4 is 28.5 Å². The molecule has 0 fully saturated rings. The SMILES string of the molecule is COc1cccc2c(C(=O)O)cc(-c3cccc(Cl)c3)nc12. The van der Waals surface area contributed by atoms with Crippen molar-refractivity contribution in [1.29, 1.82) is 0 Å². The zero-order chi connectivity index (χ0) is 15.7. The third-order valence-corrected chi connectivity index (χ3v) is 3.61. The Bertz CT molecular complexity index is 877. The first-order valence-electron chi connectivity index (χ1n) is 6.57. The predicted molar refractivity (Wildman–Crippen MR) is 85.7 cm³/mol. The molecule has 1 heterocycles. The molecule has 0 radical (unpaired) electrons. The molecule has 0 aliphatic rings. The van der Waals surface area contributed by atoms with E-state index in [0.717, 1.165) is 5.56 Å². The van der Waals surface area contributed by atoms with E-state index in [-0.39, 0.29) is 5.56 Å². The highest BCUT2D eigenvalue weighted by atomic mass is 35.5. The minimum absolute atomic E-state index is 0.180. The van der Waals surface area contributed by atoms with Crippen LogP contribution < -0.4 is 4.74 Å². The van der Waals surface area contributed by atoms with Crippen molar-refractivity contribution in [2.75, 3.05) is 7.11 Å². The molecule has 0 bridgehead atoms. The number of nitrogens with zero attached hydrogens (tertiary/aromatic N) is 1. The van der Waals surface area contributed by atoms with Crippen LogP contribution in [0.1, 0.15) is 10.4 Å². The number of carbonyl (C=O) groups is 1. The van der Waals surface area contributed by atoms with Crippen LogP contribution in [0.15, 0.2) is 48.5 Å². The van der Waals surface area contributed by atoms with Gasteiger partial charge in [0.05, 0.1) is 18.4 Å². The number of rotatable bonds is 3. The highest BCUT2D eigenvalue weighted by Crippen LogP contribution is 2.31. The summed E-state index contributed by atoms with van der Waals surface area (Å²) >= 11 is 6.01. The van der Waals surface area contributed by atoms with Gasteiger partial charge in [-0.25, -0.2) is 9.78 Å². The molecular formula is C17H12ClNO3. The van der Waals surface area contributed by atoms with Crippen molar-refractivity contribution in [3.05, 3.63) is 59.1 Å². The van der Waals surface area contributed by atoms with Gasteiger partial charge in [0.2, 0.25) is 0 Å². The normalized spacial score (nSPS) is 10.6. The number of ether oxygens (including phenoxy) is 1. The summed E-state index contributed by atoms with van der Waals surface area (Å²) in [4.78, 5) is 16.1. The zero-order valence-electron chi connectivity index (χ0n) is 11.7. The van der Waals surface area contributed by atoms with Crippen molar-refractivity contribution in [3.8, 4) is 17.0 Å². The van der Waals surface area contributed by atoms with Gasteiger partial charge in [-0.3, -0.25) is 0 Å². The van der Waals surface area contributed by atoms with E-state index in [9.17, 15) is 9.90 Å². The molecule has 22 heavy (non-hydrogen) atoms. The van der Waals surface area contributed by atoms with E-state index in [4.69, 9.17) is 16.3 Å². The molecule has 3 rings (SSSR count). The van der Waals surface area contributed by atoms with Gasteiger partial charge in [0.25, 0.3) is 0 Å². The first-order chi connectivity index (χ1) is 10.6. The monoisotopic (exact) mass is 313 g/mol. The molecule has 0 atom stereocenters. The summed E-state index contributed by atoms with van der Waals surface area (Å²) in [5, 5.41) is 10.6. The summed E-state index contributed by atoms with van der Waals surface area (Å²) < 4.78 is 5.30.